The average Bonchev–Trinajstić information content (AvgIpc) is 3.57. The van der Waals surface area contributed by atoms with E-state index >= 15 is 0 Å². The van der Waals surface area contributed by atoms with Crippen LogP contribution < -0.4 is 18.9 Å². The highest BCUT2D eigenvalue weighted by Gasteiger charge is 2.42. The van der Waals surface area contributed by atoms with Gasteiger partial charge < -0.3 is 23.8 Å². The van der Waals surface area contributed by atoms with E-state index in [1.807, 2.05) is 48.5 Å². The molecule has 204 valence electrons. The molecule has 2 heterocycles. The molecule has 0 N–H and O–H groups in total. The van der Waals surface area contributed by atoms with Crippen LogP contribution in [0.2, 0.25) is 5.02 Å². The number of hydrogen-bond donors (Lipinski definition) is 0. The molecule has 1 saturated heterocycles. The summed E-state index contributed by atoms with van der Waals surface area (Å²) in [6.45, 7) is 3.24. The Balaban J connectivity index is 1.43. The Bertz CT molecular complexity index is 1340. The number of ether oxygens (including phenoxy) is 4. The molecule has 2 amide bonds. The van der Waals surface area contributed by atoms with Crippen LogP contribution in [0.25, 0.3) is 0 Å². The Kier molecular flexibility index (Phi) is 8.24. The molecule has 9 heteroatoms. The minimum Gasteiger partial charge on any atom is -0.497 e. The van der Waals surface area contributed by atoms with Crippen LogP contribution in [-0.4, -0.2) is 62.0 Å². The van der Waals surface area contributed by atoms with E-state index in [4.69, 9.17) is 30.5 Å². The maximum Gasteiger partial charge on any atom is 0.265 e. The highest BCUT2D eigenvalue weighted by molar-refractivity contribution is 6.38. The van der Waals surface area contributed by atoms with E-state index in [1.165, 1.54) is 4.90 Å². The van der Waals surface area contributed by atoms with E-state index < -0.39 is 11.8 Å². The van der Waals surface area contributed by atoms with Crippen LogP contribution in [0.3, 0.4) is 0 Å². The summed E-state index contributed by atoms with van der Waals surface area (Å²) in [5, 5.41) is 0.161. The molecule has 3 aromatic rings. The second-order valence-corrected chi connectivity index (χ2v) is 9.93. The third-order valence-corrected chi connectivity index (χ3v) is 7.35. The standard InChI is InChI=1S/C30H31ClN2O6/c1-36-22-9-5-20(6-10-22)18-38-25-17-24(31)26-27(28(25)39-19-21-7-11-23(37-2)12-8-21)30(35)33(29(26)34)16-15-32-13-3-4-14-32/h5-12,17H,3-4,13-16,18-19H2,1-2H3. The molecule has 8 nitrogen and oxygen atoms in total. The number of halogens is 1. The van der Waals surface area contributed by atoms with Gasteiger partial charge in [0.2, 0.25) is 0 Å². The van der Waals surface area contributed by atoms with Crippen LogP contribution in [0.4, 0.5) is 0 Å². The summed E-state index contributed by atoms with van der Waals surface area (Å²) in [6.07, 6.45) is 2.26. The van der Waals surface area contributed by atoms with Gasteiger partial charge in [-0.1, -0.05) is 35.9 Å². The maximum atomic E-state index is 13.6. The minimum absolute atomic E-state index is 0.146. The van der Waals surface area contributed by atoms with Crippen molar-refractivity contribution in [1.29, 1.82) is 0 Å². The van der Waals surface area contributed by atoms with Gasteiger partial charge in [-0.2, -0.15) is 0 Å². The van der Waals surface area contributed by atoms with Gasteiger partial charge in [-0.25, -0.2) is 0 Å². The first-order valence-electron chi connectivity index (χ1n) is 12.9. The van der Waals surface area contributed by atoms with Crippen molar-refractivity contribution in [2.24, 2.45) is 0 Å². The van der Waals surface area contributed by atoms with Crippen molar-refractivity contribution in [2.75, 3.05) is 40.4 Å². The molecule has 0 unspecified atom stereocenters. The number of rotatable bonds is 11. The molecule has 0 radical (unpaired) electrons. The van der Waals surface area contributed by atoms with Gasteiger partial charge in [-0.3, -0.25) is 14.5 Å². The quantitative estimate of drug-likeness (QED) is 0.303. The Hall–Kier alpha value is -3.75. The highest BCUT2D eigenvalue weighted by atomic mass is 35.5. The van der Waals surface area contributed by atoms with E-state index in [0.29, 0.717) is 18.8 Å². The molecule has 0 bridgehead atoms. The number of carbonyl (C=O) groups excluding carboxylic acids is 2. The van der Waals surface area contributed by atoms with Crippen molar-refractivity contribution in [3.05, 3.63) is 81.9 Å². The summed E-state index contributed by atoms with van der Waals surface area (Å²) < 4.78 is 22.8. The third kappa shape index (κ3) is 5.82. The van der Waals surface area contributed by atoms with Crippen molar-refractivity contribution in [1.82, 2.24) is 9.80 Å². The number of methoxy groups -OCH3 is 2. The first-order chi connectivity index (χ1) is 19.0. The van der Waals surface area contributed by atoms with E-state index in [9.17, 15) is 9.59 Å². The van der Waals surface area contributed by atoms with Crippen LogP contribution in [0.15, 0.2) is 54.6 Å². The van der Waals surface area contributed by atoms with Gasteiger partial charge in [0, 0.05) is 19.2 Å². The predicted molar refractivity (Wildman–Crippen MR) is 147 cm³/mol. The molecule has 2 aliphatic rings. The fourth-order valence-corrected chi connectivity index (χ4v) is 5.12. The van der Waals surface area contributed by atoms with Gasteiger partial charge in [0.25, 0.3) is 11.8 Å². The molecule has 39 heavy (non-hydrogen) atoms. The second kappa shape index (κ2) is 12.0. The summed E-state index contributed by atoms with van der Waals surface area (Å²) in [6, 6.07) is 16.4. The lowest BCUT2D eigenvalue weighted by molar-refractivity contribution is 0.0639. The smallest absolute Gasteiger partial charge is 0.265 e. The number of carbonyl (C=O) groups is 2. The summed E-state index contributed by atoms with van der Waals surface area (Å²) in [5.74, 6) is 1.14. The third-order valence-electron chi connectivity index (χ3n) is 7.05. The monoisotopic (exact) mass is 550 g/mol. The lowest BCUT2D eigenvalue weighted by atomic mass is 10.1. The van der Waals surface area contributed by atoms with Crippen LogP contribution in [0.1, 0.15) is 44.7 Å². The van der Waals surface area contributed by atoms with Crippen molar-refractivity contribution < 1.29 is 28.5 Å². The number of nitrogens with zero attached hydrogens (tertiary/aromatic N) is 2. The zero-order valence-electron chi connectivity index (χ0n) is 22.1. The molecule has 2 aliphatic heterocycles. The number of hydrogen-bond acceptors (Lipinski definition) is 7. The summed E-state index contributed by atoms with van der Waals surface area (Å²) in [7, 11) is 3.21. The molecule has 0 spiro atoms. The zero-order valence-corrected chi connectivity index (χ0v) is 22.8. The summed E-state index contributed by atoms with van der Waals surface area (Å²) in [5.41, 5.74) is 2.06. The summed E-state index contributed by atoms with van der Waals surface area (Å²) >= 11 is 6.60. The Morgan fingerprint density at radius 1 is 0.744 bits per heavy atom. The topological polar surface area (TPSA) is 77.5 Å². The van der Waals surface area contributed by atoms with Crippen molar-refractivity contribution in [3.8, 4) is 23.0 Å². The van der Waals surface area contributed by atoms with Crippen LogP contribution in [0, 0.1) is 0 Å². The SMILES string of the molecule is COc1ccc(COc2cc(Cl)c3c(c2OCc2ccc(OC)cc2)C(=O)N(CCN2CCCC2)C3=O)cc1. The van der Waals surface area contributed by atoms with Gasteiger partial charge in [0.1, 0.15) is 30.3 Å². The lowest BCUT2D eigenvalue weighted by Crippen LogP contribution is -2.37. The Morgan fingerprint density at radius 2 is 1.28 bits per heavy atom. The molecule has 5 rings (SSSR count). The van der Waals surface area contributed by atoms with E-state index in [0.717, 1.165) is 48.6 Å². The van der Waals surface area contributed by atoms with Gasteiger partial charge in [-0.15, -0.1) is 0 Å². The van der Waals surface area contributed by atoms with Crippen LogP contribution in [0.5, 0.6) is 23.0 Å². The van der Waals surface area contributed by atoms with Crippen molar-refractivity contribution >= 4 is 23.4 Å². The highest BCUT2D eigenvalue weighted by Crippen LogP contribution is 2.43. The number of amides is 2. The number of fused-ring (bicyclic) bond motifs is 1. The molecular formula is C30H31ClN2O6. The molecule has 0 atom stereocenters. The fraction of sp³-hybridized carbons (Fsp3) is 0.333. The largest absolute Gasteiger partial charge is 0.497 e. The molecular weight excluding hydrogens is 520 g/mol. The molecule has 0 aliphatic carbocycles. The Morgan fingerprint density at radius 3 is 1.85 bits per heavy atom. The van der Waals surface area contributed by atoms with E-state index in [1.54, 1.807) is 20.3 Å². The zero-order chi connectivity index (χ0) is 27.4. The first-order valence-corrected chi connectivity index (χ1v) is 13.3. The van der Waals surface area contributed by atoms with Gasteiger partial charge in [0.05, 0.1) is 24.8 Å². The molecule has 0 aromatic heterocycles. The molecule has 3 aromatic carbocycles. The number of likely N-dealkylation sites (tertiary alicyclic amines) is 1. The maximum absolute atomic E-state index is 13.6. The van der Waals surface area contributed by atoms with Crippen LogP contribution in [-0.2, 0) is 13.2 Å². The van der Waals surface area contributed by atoms with Gasteiger partial charge in [-0.05, 0) is 61.3 Å². The first kappa shape index (κ1) is 26.8. The van der Waals surface area contributed by atoms with E-state index in [-0.39, 0.29) is 35.1 Å². The lowest BCUT2D eigenvalue weighted by Gasteiger charge is -2.19. The predicted octanol–water partition coefficient (Wildman–Crippen LogP) is 5.21. The van der Waals surface area contributed by atoms with Gasteiger partial charge >= 0.3 is 0 Å². The van der Waals surface area contributed by atoms with Gasteiger partial charge in [0.15, 0.2) is 11.5 Å². The van der Waals surface area contributed by atoms with Crippen molar-refractivity contribution in [2.45, 2.75) is 26.1 Å². The second-order valence-electron chi connectivity index (χ2n) is 9.52. The number of imide groups is 1. The molecule has 0 saturated carbocycles. The normalized spacial score (nSPS) is 15.0. The average molecular weight is 551 g/mol. The fourth-order valence-electron chi connectivity index (χ4n) is 4.85. The van der Waals surface area contributed by atoms with E-state index in [2.05, 4.69) is 4.90 Å². The van der Waals surface area contributed by atoms with Crippen molar-refractivity contribution in [3.63, 3.8) is 0 Å². The number of benzene rings is 3. The van der Waals surface area contributed by atoms with Crippen LogP contribution >= 0.6 is 11.6 Å². The molecule has 1 fully saturated rings. The Labute approximate surface area is 233 Å². The minimum atomic E-state index is -0.421. The summed E-state index contributed by atoms with van der Waals surface area (Å²) in [4.78, 5) is 30.5.